The third kappa shape index (κ3) is 4.08. The number of benzene rings is 1. The first-order valence-corrected chi connectivity index (χ1v) is 10.3. The molecule has 1 aromatic carbocycles. The van der Waals surface area contributed by atoms with Gasteiger partial charge in [0.1, 0.15) is 0 Å². The van der Waals surface area contributed by atoms with Gasteiger partial charge in [0.2, 0.25) is 5.95 Å². The van der Waals surface area contributed by atoms with E-state index in [1.54, 1.807) is 0 Å². The van der Waals surface area contributed by atoms with E-state index in [1.807, 2.05) is 18.4 Å². The molecule has 0 unspecified atom stereocenters. The first-order chi connectivity index (χ1) is 13.1. The molecule has 1 aliphatic rings. The molecular weight excluding hydrogens is 336 g/mol. The van der Waals surface area contributed by atoms with E-state index < -0.39 is 0 Å². The van der Waals surface area contributed by atoms with Crippen LogP contribution in [0.25, 0.3) is 0 Å². The molecule has 2 heterocycles. The summed E-state index contributed by atoms with van der Waals surface area (Å²) in [5, 5.41) is 0. The molecule has 3 rings (SSSR count). The first kappa shape index (κ1) is 19.6. The number of hydrogen-bond donors (Lipinski definition) is 0. The molecule has 2 aromatic rings. The number of aromatic nitrogens is 2. The number of fused-ring (bicyclic) bond motifs is 1. The highest BCUT2D eigenvalue weighted by Crippen LogP contribution is 2.28. The number of hydrogen-bond acceptors (Lipinski definition) is 4. The van der Waals surface area contributed by atoms with Crippen LogP contribution in [0.15, 0.2) is 29.1 Å². The van der Waals surface area contributed by atoms with Crippen molar-refractivity contribution < 1.29 is 0 Å². The van der Waals surface area contributed by atoms with Gasteiger partial charge in [-0.2, -0.15) is 0 Å². The first-order valence-electron chi connectivity index (χ1n) is 10.3. The van der Waals surface area contributed by atoms with E-state index in [2.05, 4.69) is 47.9 Å². The smallest absolute Gasteiger partial charge is 0.259 e. The summed E-state index contributed by atoms with van der Waals surface area (Å²) in [4.78, 5) is 22.5. The fourth-order valence-corrected chi connectivity index (χ4v) is 3.77. The number of rotatable bonds is 7. The Morgan fingerprint density at radius 3 is 2.37 bits per heavy atom. The quantitative estimate of drug-likeness (QED) is 0.686. The van der Waals surface area contributed by atoms with Crippen molar-refractivity contribution in [2.24, 2.45) is 0 Å². The number of anilines is 2. The van der Waals surface area contributed by atoms with Crippen molar-refractivity contribution >= 4 is 11.6 Å². The Bertz CT molecular complexity index is 825. The van der Waals surface area contributed by atoms with Gasteiger partial charge in [0.05, 0.1) is 13.3 Å². The van der Waals surface area contributed by atoms with Crippen molar-refractivity contribution in [1.82, 2.24) is 14.5 Å². The predicted octanol–water partition coefficient (Wildman–Crippen LogP) is 4.24. The zero-order chi connectivity index (χ0) is 19.4. The predicted molar refractivity (Wildman–Crippen MR) is 112 cm³/mol. The molecule has 0 spiro atoms. The second kappa shape index (κ2) is 8.70. The van der Waals surface area contributed by atoms with E-state index >= 15 is 0 Å². The standard InChI is InChI=1S/C22H32N4O/c1-5-8-9-14-24-15-25(19-12-10-18(6-2)11-13-19)22-23-17(4)20(7-3)21(27)26(22)16-24/h10-13H,5-9,14-16H2,1-4H3. The van der Waals surface area contributed by atoms with Crippen molar-refractivity contribution in [3.8, 4) is 0 Å². The Morgan fingerprint density at radius 1 is 1.00 bits per heavy atom. The van der Waals surface area contributed by atoms with Crippen molar-refractivity contribution in [1.29, 1.82) is 0 Å². The molecule has 27 heavy (non-hydrogen) atoms. The van der Waals surface area contributed by atoms with Gasteiger partial charge in [0.15, 0.2) is 0 Å². The van der Waals surface area contributed by atoms with Crippen LogP contribution in [0.2, 0.25) is 0 Å². The zero-order valence-electron chi connectivity index (χ0n) is 17.2. The minimum absolute atomic E-state index is 0.107. The van der Waals surface area contributed by atoms with Gasteiger partial charge in [-0.05, 0) is 43.9 Å². The van der Waals surface area contributed by atoms with Gasteiger partial charge in [-0.3, -0.25) is 19.2 Å². The normalized spacial score (nSPS) is 14.4. The highest BCUT2D eigenvalue weighted by Gasteiger charge is 2.27. The lowest BCUT2D eigenvalue weighted by Gasteiger charge is -2.38. The molecule has 0 aliphatic carbocycles. The Balaban J connectivity index is 2.02. The molecule has 0 saturated heterocycles. The molecule has 146 valence electrons. The van der Waals surface area contributed by atoms with Crippen LogP contribution < -0.4 is 10.5 Å². The van der Waals surface area contributed by atoms with E-state index in [9.17, 15) is 4.79 Å². The largest absolute Gasteiger partial charge is 0.298 e. The molecule has 1 aromatic heterocycles. The molecule has 0 bridgehead atoms. The maximum atomic E-state index is 13.1. The maximum Gasteiger partial charge on any atom is 0.259 e. The summed E-state index contributed by atoms with van der Waals surface area (Å²) in [6.45, 7) is 10.8. The molecule has 0 N–H and O–H groups in total. The Kier molecular flexibility index (Phi) is 6.32. The van der Waals surface area contributed by atoms with Gasteiger partial charge in [-0.15, -0.1) is 0 Å². The van der Waals surface area contributed by atoms with Gasteiger partial charge in [0.25, 0.3) is 5.56 Å². The second-order valence-corrected chi connectivity index (χ2v) is 7.39. The average molecular weight is 369 g/mol. The van der Waals surface area contributed by atoms with Crippen LogP contribution in [0.5, 0.6) is 0 Å². The number of nitrogens with zero attached hydrogens (tertiary/aromatic N) is 4. The van der Waals surface area contributed by atoms with Crippen molar-refractivity contribution in [2.75, 3.05) is 18.1 Å². The molecule has 1 aliphatic heterocycles. The van der Waals surface area contributed by atoms with Crippen LogP contribution in [-0.4, -0.2) is 27.7 Å². The molecule has 0 amide bonds. The van der Waals surface area contributed by atoms with Gasteiger partial charge in [-0.25, -0.2) is 4.98 Å². The van der Waals surface area contributed by atoms with Gasteiger partial charge in [-0.1, -0.05) is 45.7 Å². The van der Waals surface area contributed by atoms with Crippen molar-refractivity contribution in [2.45, 2.75) is 66.5 Å². The van der Waals surface area contributed by atoms with Crippen LogP contribution in [0.3, 0.4) is 0 Å². The van der Waals surface area contributed by atoms with Gasteiger partial charge < -0.3 is 0 Å². The summed E-state index contributed by atoms with van der Waals surface area (Å²) in [6.07, 6.45) is 5.32. The third-order valence-electron chi connectivity index (χ3n) is 5.46. The van der Waals surface area contributed by atoms with E-state index in [-0.39, 0.29) is 5.56 Å². The molecule has 0 radical (unpaired) electrons. The van der Waals surface area contributed by atoms with Crippen LogP contribution in [0.1, 0.15) is 56.9 Å². The van der Waals surface area contributed by atoms with Crippen LogP contribution in [0.4, 0.5) is 11.6 Å². The van der Waals surface area contributed by atoms with Gasteiger partial charge >= 0.3 is 0 Å². The Labute approximate surface area is 162 Å². The minimum Gasteiger partial charge on any atom is -0.298 e. The van der Waals surface area contributed by atoms with Crippen LogP contribution in [-0.2, 0) is 19.5 Å². The topological polar surface area (TPSA) is 41.4 Å². The summed E-state index contributed by atoms with van der Waals surface area (Å²) >= 11 is 0. The fraction of sp³-hybridized carbons (Fsp3) is 0.545. The third-order valence-corrected chi connectivity index (χ3v) is 5.46. The van der Waals surface area contributed by atoms with Crippen molar-refractivity contribution in [3.05, 3.63) is 51.4 Å². The summed E-state index contributed by atoms with van der Waals surface area (Å²) in [5.74, 6) is 0.769. The molecule has 0 atom stereocenters. The summed E-state index contributed by atoms with van der Waals surface area (Å²) in [7, 11) is 0. The number of aryl methyl sites for hydroxylation is 2. The second-order valence-electron chi connectivity index (χ2n) is 7.39. The maximum absolute atomic E-state index is 13.1. The summed E-state index contributed by atoms with van der Waals surface area (Å²) < 4.78 is 1.86. The summed E-state index contributed by atoms with van der Waals surface area (Å²) in [5.41, 5.74) is 4.20. The summed E-state index contributed by atoms with van der Waals surface area (Å²) in [6, 6.07) is 8.63. The van der Waals surface area contributed by atoms with E-state index in [0.29, 0.717) is 6.67 Å². The molecule has 0 saturated carbocycles. The van der Waals surface area contributed by atoms with Crippen LogP contribution in [0, 0.1) is 6.92 Å². The minimum atomic E-state index is 0.107. The van der Waals surface area contributed by atoms with E-state index in [0.717, 1.165) is 55.4 Å². The van der Waals surface area contributed by atoms with Crippen LogP contribution >= 0.6 is 0 Å². The SMILES string of the molecule is CCCCCN1CN(c2ccc(CC)cc2)c2nc(C)c(CC)c(=O)n2C1. The van der Waals surface area contributed by atoms with Crippen molar-refractivity contribution in [3.63, 3.8) is 0 Å². The molecule has 5 heteroatoms. The highest BCUT2D eigenvalue weighted by atomic mass is 16.1. The lowest BCUT2D eigenvalue weighted by molar-refractivity contribution is 0.194. The molecule has 0 fully saturated rings. The lowest BCUT2D eigenvalue weighted by atomic mass is 10.1. The molecular formula is C22H32N4O. The van der Waals surface area contributed by atoms with E-state index in [1.165, 1.54) is 18.4 Å². The van der Waals surface area contributed by atoms with E-state index in [4.69, 9.17) is 4.98 Å². The number of unbranched alkanes of at least 4 members (excludes halogenated alkanes) is 2. The monoisotopic (exact) mass is 368 g/mol. The zero-order valence-corrected chi connectivity index (χ0v) is 17.2. The Morgan fingerprint density at radius 2 is 1.74 bits per heavy atom. The Hall–Kier alpha value is -2.14. The highest BCUT2D eigenvalue weighted by molar-refractivity contribution is 5.59. The average Bonchev–Trinajstić information content (AvgIpc) is 2.69. The lowest BCUT2D eigenvalue weighted by Crippen LogP contribution is -2.48. The molecule has 5 nitrogen and oxygen atoms in total. The van der Waals surface area contributed by atoms with Gasteiger partial charge in [0, 0.05) is 23.5 Å². The fourth-order valence-electron chi connectivity index (χ4n) is 3.77.